The van der Waals surface area contributed by atoms with Gasteiger partial charge in [0.05, 0.1) is 16.4 Å². The Labute approximate surface area is 133 Å². The van der Waals surface area contributed by atoms with E-state index in [1.807, 2.05) is 6.92 Å². The summed E-state index contributed by atoms with van der Waals surface area (Å²) in [6.07, 6.45) is 9.42. The van der Waals surface area contributed by atoms with Crippen molar-refractivity contribution in [2.24, 2.45) is 11.8 Å². The highest BCUT2D eigenvalue weighted by atomic mass is 35.5. The molecule has 0 radical (unpaired) electrons. The molecule has 0 spiro atoms. The molecule has 1 N–H and O–H groups in total. The first-order chi connectivity index (χ1) is 10.2. The van der Waals surface area contributed by atoms with Gasteiger partial charge in [-0.3, -0.25) is 4.68 Å². The number of nitrogens with zero attached hydrogens (tertiary/aromatic N) is 2. The Morgan fingerprint density at radius 1 is 1.29 bits per heavy atom. The molecule has 2 aliphatic carbocycles. The Morgan fingerprint density at radius 3 is 2.62 bits per heavy atom. The summed E-state index contributed by atoms with van der Waals surface area (Å²) in [5.41, 5.74) is 2.24. The molecule has 1 aromatic rings. The number of nitrogens with one attached hydrogen (secondary N) is 1. The van der Waals surface area contributed by atoms with Crippen molar-refractivity contribution < 1.29 is 0 Å². The van der Waals surface area contributed by atoms with Crippen LogP contribution in [0.25, 0.3) is 0 Å². The first-order valence-electron chi connectivity index (χ1n) is 8.64. The average Bonchev–Trinajstić information content (AvgIpc) is 3.07. The van der Waals surface area contributed by atoms with Crippen LogP contribution < -0.4 is 5.32 Å². The van der Waals surface area contributed by atoms with Gasteiger partial charge >= 0.3 is 0 Å². The molecule has 1 heterocycles. The number of aromatic nitrogens is 2. The Hall–Kier alpha value is -0.540. The van der Waals surface area contributed by atoms with Crippen molar-refractivity contribution in [3.8, 4) is 0 Å². The highest BCUT2D eigenvalue weighted by Gasteiger charge is 2.29. The fourth-order valence-electron chi connectivity index (χ4n) is 3.75. The van der Waals surface area contributed by atoms with Gasteiger partial charge in [-0.15, -0.1) is 0 Å². The third kappa shape index (κ3) is 3.62. The van der Waals surface area contributed by atoms with E-state index >= 15 is 0 Å². The van der Waals surface area contributed by atoms with Crippen LogP contribution in [0, 0.1) is 18.8 Å². The largest absolute Gasteiger partial charge is 0.314 e. The van der Waals surface area contributed by atoms with Crippen molar-refractivity contribution in [1.29, 1.82) is 0 Å². The number of halogens is 1. The summed E-state index contributed by atoms with van der Waals surface area (Å²) in [5, 5.41) is 9.22. The molecule has 0 saturated heterocycles. The van der Waals surface area contributed by atoms with Gasteiger partial charge in [0.1, 0.15) is 0 Å². The number of hydrogen-bond acceptors (Lipinski definition) is 2. The van der Waals surface area contributed by atoms with E-state index in [1.54, 1.807) is 0 Å². The summed E-state index contributed by atoms with van der Waals surface area (Å²) in [5.74, 6) is 1.58. The minimum atomic E-state index is 0.715. The molecule has 1 aromatic heterocycles. The third-order valence-electron chi connectivity index (χ3n) is 5.22. The second-order valence-corrected chi connectivity index (χ2v) is 7.23. The van der Waals surface area contributed by atoms with Crippen LogP contribution in [0.15, 0.2) is 0 Å². The topological polar surface area (TPSA) is 29.9 Å². The summed E-state index contributed by atoms with van der Waals surface area (Å²) in [4.78, 5) is 0. The highest BCUT2D eigenvalue weighted by molar-refractivity contribution is 6.31. The van der Waals surface area contributed by atoms with Gasteiger partial charge in [0, 0.05) is 12.6 Å². The molecule has 3 rings (SSSR count). The van der Waals surface area contributed by atoms with Crippen LogP contribution in [0.2, 0.25) is 5.02 Å². The first kappa shape index (κ1) is 15.4. The maximum Gasteiger partial charge on any atom is 0.0847 e. The SMILES string of the molecule is CCn1nc(C)c(Cl)c1CC(CNC1CC1)C1CCCC1. The smallest absolute Gasteiger partial charge is 0.0847 e. The van der Waals surface area contributed by atoms with E-state index in [0.717, 1.165) is 42.2 Å². The zero-order chi connectivity index (χ0) is 14.8. The monoisotopic (exact) mass is 309 g/mol. The van der Waals surface area contributed by atoms with Crippen molar-refractivity contribution in [2.75, 3.05) is 6.54 Å². The second kappa shape index (κ2) is 6.70. The van der Waals surface area contributed by atoms with E-state index in [4.69, 9.17) is 11.6 Å². The molecule has 0 aromatic carbocycles. The van der Waals surface area contributed by atoms with Crippen LogP contribution in [0.4, 0.5) is 0 Å². The van der Waals surface area contributed by atoms with E-state index in [2.05, 4.69) is 22.0 Å². The van der Waals surface area contributed by atoms with Crippen LogP contribution >= 0.6 is 11.6 Å². The van der Waals surface area contributed by atoms with E-state index in [9.17, 15) is 0 Å². The quantitative estimate of drug-likeness (QED) is 0.826. The second-order valence-electron chi connectivity index (χ2n) is 6.85. The molecule has 2 saturated carbocycles. The van der Waals surface area contributed by atoms with Crippen molar-refractivity contribution >= 4 is 11.6 Å². The minimum Gasteiger partial charge on any atom is -0.314 e. The molecular weight excluding hydrogens is 282 g/mol. The maximum absolute atomic E-state index is 6.51. The zero-order valence-electron chi connectivity index (χ0n) is 13.4. The summed E-state index contributed by atoms with van der Waals surface area (Å²) in [7, 11) is 0. The van der Waals surface area contributed by atoms with Gasteiger partial charge in [0.25, 0.3) is 0 Å². The van der Waals surface area contributed by atoms with E-state index in [-0.39, 0.29) is 0 Å². The predicted molar refractivity (Wildman–Crippen MR) is 87.8 cm³/mol. The van der Waals surface area contributed by atoms with Crippen molar-refractivity contribution in [3.63, 3.8) is 0 Å². The molecule has 1 unspecified atom stereocenters. The van der Waals surface area contributed by atoms with Gasteiger partial charge in [0.2, 0.25) is 0 Å². The Kier molecular flexibility index (Phi) is 4.90. The van der Waals surface area contributed by atoms with Crippen molar-refractivity contribution in [2.45, 2.75) is 71.4 Å². The number of hydrogen-bond donors (Lipinski definition) is 1. The first-order valence-corrected chi connectivity index (χ1v) is 9.02. The van der Waals surface area contributed by atoms with E-state index < -0.39 is 0 Å². The normalized spacial score (nSPS) is 21.1. The van der Waals surface area contributed by atoms with Crippen LogP contribution in [0.5, 0.6) is 0 Å². The zero-order valence-corrected chi connectivity index (χ0v) is 14.1. The Bertz CT molecular complexity index is 473. The summed E-state index contributed by atoms with van der Waals surface area (Å²) in [6.45, 7) is 6.24. The molecular formula is C17H28ClN3. The molecule has 3 nitrogen and oxygen atoms in total. The molecule has 1 atom stereocenters. The molecule has 0 aliphatic heterocycles. The standard InChI is InChI=1S/C17H28ClN3/c1-3-21-16(17(18)12(2)20-21)10-14(11-19-15-8-9-15)13-6-4-5-7-13/h13-15,19H,3-11H2,1-2H3. The molecule has 118 valence electrons. The summed E-state index contributed by atoms with van der Waals surface area (Å²) < 4.78 is 2.11. The van der Waals surface area contributed by atoms with Gasteiger partial charge in [0.15, 0.2) is 0 Å². The van der Waals surface area contributed by atoms with Gasteiger partial charge in [-0.2, -0.15) is 5.10 Å². The molecule has 2 aliphatic rings. The lowest BCUT2D eigenvalue weighted by Gasteiger charge is -2.24. The number of aryl methyl sites for hydroxylation is 2. The van der Waals surface area contributed by atoms with Gasteiger partial charge < -0.3 is 5.32 Å². The molecule has 0 bridgehead atoms. The van der Waals surface area contributed by atoms with Crippen molar-refractivity contribution in [3.05, 3.63) is 16.4 Å². The molecule has 21 heavy (non-hydrogen) atoms. The van der Waals surface area contributed by atoms with Gasteiger partial charge in [-0.1, -0.05) is 37.3 Å². The van der Waals surface area contributed by atoms with Crippen LogP contribution in [0.1, 0.15) is 56.8 Å². The molecule has 2 fully saturated rings. The van der Waals surface area contributed by atoms with Crippen LogP contribution in [0.3, 0.4) is 0 Å². The lowest BCUT2D eigenvalue weighted by Crippen LogP contribution is -2.31. The average molecular weight is 310 g/mol. The van der Waals surface area contributed by atoms with Crippen molar-refractivity contribution in [1.82, 2.24) is 15.1 Å². The number of rotatable bonds is 7. The minimum absolute atomic E-state index is 0.715. The lowest BCUT2D eigenvalue weighted by molar-refractivity contribution is 0.313. The van der Waals surface area contributed by atoms with Gasteiger partial charge in [-0.05, 0) is 51.5 Å². The van der Waals surface area contributed by atoms with E-state index in [1.165, 1.54) is 44.2 Å². The lowest BCUT2D eigenvalue weighted by atomic mass is 9.86. The Balaban J connectivity index is 1.72. The molecule has 0 amide bonds. The van der Waals surface area contributed by atoms with Gasteiger partial charge in [-0.25, -0.2) is 0 Å². The molecule has 4 heteroatoms. The summed E-state index contributed by atoms with van der Waals surface area (Å²) >= 11 is 6.51. The van der Waals surface area contributed by atoms with E-state index in [0.29, 0.717) is 5.92 Å². The summed E-state index contributed by atoms with van der Waals surface area (Å²) in [6, 6.07) is 0.794. The highest BCUT2D eigenvalue weighted by Crippen LogP contribution is 2.35. The Morgan fingerprint density at radius 2 is 2.00 bits per heavy atom. The fourth-order valence-corrected chi connectivity index (χ4v) is 3.96. The predicted octanol–water partition coefficient (Wildman–Crippen LogP) is 3.97. The van der Waals surface area contributed by atoms with Crippen LogP contribution in [-0.2, 0) is 13.0 Å². The van der Waals surface area contributed by atoms with Crippen LogP contribution in [-0.4, -0.2) is 22.4 Å². The third-order valence-corrected chi connectivity index (χ3v) is 5.71. The fraction of sp³-hybridized carbons (Fsp3) is 0.824. The maximum atomic E-state index is 6.51.